The summed E-state index contributed by atoms with van der Waals surface area (Å²) in [5.41, 5.74) is 1.44. The largest absolute Gasteiger partial charge is 0.489 e. The summed E-state index contributed by atoms with van der Waals surface area (Å²) >= 11 is 0. The van der Waals surface area contributed by atoms with Gasteiger partial charge in [0.2, 0.25) is 5.88 Å². The highest BCUT2D eigenvalue weighted by Crippen LogP contribution is 2.18. The molecule has 90 valence electrons. The van der Waals surface area contributed by atoms with Crippen LogP contribution in [0.5, 0.6) is 11.6 Å². The maximum absolute atomic E-state index is 8.79. The molecule has 0 unspecified atom stereocenters. The fourth-order valence-electron chi connectivity index (χ4n) is 1.53. The first kappa shape index (κ1) is 11.9. The number of nitriles is 1. The second-order valence-corrected chi connectivity index (χ2v) is 3.60. The molecule has 18 heavy (non-hydrogen) atoms. The van der Waals surface area contributed by atoms with Gasteiger partial charge in [-0.1, -0.05) is 6.07 Å². The third-order valence-corrected chi connectivity index (χ3v) is 2.40. The highest BCUT2D eigenvalue weighted by Gasteiger charge is 2.04. The smallest absolute Gasteiger partial charge is 0.219 e. The molecular formula is C14H12N2O2. The first-order valence-electron chi connectivity index (χ1n) is 5.44. The number of nitrogens with zero attached hydrogens (tertiary/aromatic N) is 2. The van der Waals surface area contributed by atoms with Gasteiger partial charge in [-0.3, -0.25) is 0 Å². The molecule has 1 heterocycles. The van der Waals surface area contributed by atoms with Crippen molar-refractivity contribution in [3.8, 4) is 17.7 Å². The molecule has 0 bridgehead atoms. The van der Waals surface area contributed by atoms with Gasteiger partial charge in [-0.15, -0.1) is 0 Å². The van der Waals surface area contributed by atoms with Crippen molar-refractivity contribution in [1.82, 2.24) is 4.98 Å². The Kier molecular flexibility index (Phi) is 3.77. The van der Waals surface area contributed by atoms with Crippen LogP contribution in [0, 0.1) is 11.3 Å². The Morgan fingerprint density at radius 3 is 2.94 bits per heavy atom. The Morgan fingerprint density at radius 1 is 1.28 bits per heavy atom. The fourth-order valence-corrected chi connectivity index (χ4v) is 1.53. The van der Waals surface area contributed by atoms with E-state index in [1.54, 1.807) is 31.5 Å². The number of ether oxygens (including phenoxy) is 2. The van der Waals surface area contributed by atoms with Crippen LogP contribution < -0.4 is 9.47 Å². The predicted octanol–water partition coefficient (Wildman–Crippen LogP) is 2.54. The number of rotatable bonds is 4. The van der Waals surface area contributed by atoms with E-state index < -0.39 is 0 Å². The number of hydrogen-bond donors (Lipinski definition) is 0. The zero-order valence-electron chi connectivity index (χ0n) is 9.96. The lowest BCUT2D eigenvalue weighted by Gasteiger charge is -2.09. The molecule has 4 nitrogen and oxygen atoms in total. The molecule has 2 rings (SSSR count). The molecule has 1 aromatic carbocycles. The Bertz CT molecular complexity index is 576. The minimum Gasteiger partial charge on any atom is -0.489 e. The number of aromatic nitrogens is 1. The van der Waals surface area contributed by atoms with Crippen molar-refractivity contribution in [2.24, 2.45) is 0 Å². The molecule has 0 saturated carbocycles. The molecule has 0 N–H and O–H groups in total. The van der Waals surface area contributed by atoms with Crippen LogP contribution in [0.3, 0.4) is 0 Å². The van der Waals surface area contributed by atoms with Crippen molar-refractivity contribution in [2.45, 2.75) is 6.61 Å². The monoisotopic (exact) mass is 240 g/mol. The maximum atomic E-state index is 8.79. The van der Waals surface area contributed by atoms with Crippen LogP contribution in [-0.4, -0.2) is 12.1 Å². The van der Waals surface area contributed by atoms with Gasteiger partial charge in [-0.05, 0) is 30.3 Å². The van der Waals surface area contributed by atoms with E-state index in [2.05, 4.69) is 11.1 Å². The molecule has 4 heteroatoms. The van der Waals surface area contributed by atoms with E-state index in [1.165, 1.54) is 0 Å². The van der Waals surface area contributed by atoms with Crippen molar-refractivity contribution in [1.29, 1.82) is 5.26 Å². The highest BCUT2D eigenvalue weighted by molar-refractivity contribution is 5.36. The molecule has 0 fully saturated rings. The number of benzene rings is 1. The number of methoxy groups -OCH3 is 1. The molecule has 0 aliphatic heterocycles. The van der Waals surface area contributed by atoms with Crippen molar-refractivity contribution < 1.29 is 9.47 Å². The highest BCUT2D eigenvalue weighted by atomic mass is 16.5. The SMILES string of the molecule is COc1ncccc1COc1cccc(C#N)c1. The fraction of sp³-hybridized carbons (Fsp3) is 0.143. The summed E-state index contributed by atoms with van der Waals surface area (Å²) in [6.45, 7) is 0.353. The number of pyridine rings is 1. The van der Waals surface area contributed by atoms with E-state index in [9.17, 15) is 0 Å². The lowest BCUT2D eigenvalue weighted by Crippen LogP contribution is -2.00. The van der Waals surface area contributed by atoms with Gasteiger partial charge in [0.1, 0.15) is 12.4 Å². The summed E-state index contributed by atoms with van der Waals surface area (Å²) in [5.74, 6) is 1.20. The van der Waals surface area contributed by atoms with Gasteiger partial charge in [0.15, 0.2) is 0 Å². The molecule has 0 aliphatic rings. The molecule has 0 amide bonds. The van der Waals surface area contributed by atoms with E-state index in [0.29, 0.717) is 23.8 Å². The summed E-state index contributed by atoms with van der Waals surface area (Å²) in [6, 6.07) is 12.8. The molecule has 2 aromatic rings. The van der Waals surface area contributed by atoms with E-state index in [0.717, 1.165) is 5.56 Å². The first-order valence-corrected chi connectivity index (χ1v) is 5.44. The minimum atomic E-state index is 0.353. The minimum absolute atomic E-state index is 0.353. The van der Waals surface area contributed by atoms with Gasteiger partial charge in [0.25, 0.3) is 0 Å². The molecule has 0 radical (unpaired) electrons. The standard InChI is InChI=1S/C14H12N2O2/c1-17-14-12(5-3-7-16-14)10-18-13-6-2-4-11(8-13)9-15/h2-8H,10H2,1H3. The van der Waals surface area contributed by atoms with Gasteiger partial charge < -0.3 is 9.47 Å². The van der Waals surface area contributed by atoms with Crippen LogP contribution in [0.4, 0.5) is 0 Å². The van der Waals surface area contributed by atoms with Crippen LogP contribution in [0.2, 0.25) is 0 Å². The van der Waals surface area contributed by atoms with E-state index in [4.69, 9.17) is 14.7 Å². The maximum Gasteiger partial charge on any atom is 0.219 e. The Labute approximate surface area is 105 Å². The van der Waals surface area contributed by atoms with Crippen molar-refractivity contribution >= 4 is 0 Å². The Balaban J connectivity index is 2.09. The van der Waals surface area contributed by atoms with Crippen LogP contribution in [0.15, 0.2) is 42.6 Å². The zero-order chi connectivity index (χ0) is 12.8. The Morgan fingerprint density at radius 2 is 2.17 bits per heavy atom. The topological polar surface area (TPSA) is 55.1 Å². The van der Waals surface area contributed by atoms with Gasteiger partial charge in [-0.2, -0.15) is 5.26 Å². The Hall–Kier alpha value is -2.54. The van der Waals surface area contributed by atoms with Gasteiger partial charge in [0, 0.05) is 6.20 Å². The van der Waals surface area contributed by atoms with E-state index in [1.807, 2.05) is 18.2 Å². The lowest BCUT2D eigenvalue weighted by molar-refractivity contribution is 0.294. The van der Waals surface area contributed by atoms with Gasteiger partial charge in [0.05, 0.1) is 24.3 Å². The first-order chi connectivity index (χ1) is 8.83. The van der Waals surface area contributed by atoms with Gasteiger partial charge in [-0.25, -0.2) is 4.98 Å². The molecule has 0 spiro atoms. The quantitative estimate of drug-likeness (QED) is 0.824. The van der Waals surface area contributed by atoms with Crippen molar-refractivity contribution in [3.05, 3.63) is 53.7 Å². The molecular weight excluding hydrogens is 228 g/mol. The van der Waals surface area contributed by atoms with Crippen LogP contribution in [-0.2, 0) is 6.61 Å². The number of hydrogen-bond acceptors (Lipinski definition) is 4. The lowest BCUT2D eigenvalue weighted by atomic mass is 10.2. The molecule has 0 atom stereocenters. The van der Waals surface area contributed by atoms with E-state index in [-0.39, 0.29) is 0 Å². The van der Waals surface area contributed by atoms with Crippen LogP contribution in [0.1, 0.15) is 11.1 Å². The summed E-state index contributed by atoms with van der Waals surface area (Å²) in [6.07, 6.45) is 1.67. The second kappa shape index (κ2) is 5.69. The summed E-state index contributed by atoms with van der Waals surface area (Å²) in [4.78, 5) is 4.09. The van der Waals surface area contributed by atoms with Crippen molar-refractivity contribution in [3.63, 3.8) is 0 Å². The summed E-state index contributed by atoms with van der Waals surface area (Å²) in [5, 5.41) is 8.79. The van der Waals surface area contributed by atoms with Crippen LogP contribution in [0.25, 0.3) is 0 Å². The normalized spacial score (nSPS) is 9.56. The second-order valence-electron chi connectivity index (χ2n) is 3.60. The van der Waals surface area contributed by atoms with E-state index >= 15 is 0 Å². The predicted molar refractivity (Wildman–Crippen MR) is 66.3 cm³/mol. The average Bonchev–Trinajstić information content (AvgIpc) is 2.45. The third kappa shape index (κ3) is 2.77. The molecule has 1 aromatic heterocycles. The zero-order valence-corrected chi connectivity index (χ0v) is 9.96. The molecule has 0 aliphatic carbocycles. The van der Waals surface area contributed by atoms with Crippen LogP contribution >= 0.6 is 0 Å². The summed E-state index contributed by atoms with van der Waals surface area (Å²) in [7, 11) is 1.57. The summed E-state index contributed by atoms with van der Waals surface area (Å²) < 4.78 is 10.7. The van der Waals surface area contributed by atoms with Crippen molar-refractivity contribution in [2.75, 3.05) is 7.11 Å². The average molecular weight is 240 g/mol. The third-order valence-electron chi connectivity index (χ3n) is 2.40. The van der Waals surface area contributed by atoms with Gasteiger partial charge >= 0.3 is 0 Å². The molecule has 0 saturated heterocycles.